The largest absolute Gasteiger partial charge is 0.492 e. The van der Waals surface area contributed by atoms with Gasteiger partial charge in [-0.2, -0.15) is 0 Å². The second-order valence-corrected chi connectivity index (χ2v) is 10.3. The molecule has 3 heterocycles. The Balaban J connectivity index is 1.18. The van der Waals surface area contributed by atoms with Crippen LogP contribution < -0.4 is 9.47 Å². The fraction of sp³-hybridized carbons (Fsp3) is 0.480. The fourth-order valence-electron chi connectivity index (χ4n) is 3.95. The van der Waals surface area contributed by atoms with Gasteiger partial charge in [0.1, 0.15) is 29.4 Å². The lowest BCUT2D eigenvalue weighted by atomic mass is 9.81. The number of benzene rings is 1. The highest BCUT2D eigenvalue weighted by Gasteiger charge is 2.29. The number of fused-ring (bicyclic) bond motifs is 1. The van der Waals surface area contributed by atoms with E-state index in [-0.39, 0.29) is 23.7 Å². The van der Waals surface area contributed by atoms with Crippen LogP contribution in [0.1, 0.15) is 33.1 Å². The van der Waals surface area contributed by atoms with Crippen molar-refractivity contribution in [1.29, 1.82) is 0 Å². The highest BCUT2D eigenvalue weighted by atomic mass is 32.1. The Morgan fingerprint density at radius 3 is 2.61 bits per heavy atom. The average molecular weight is 470 g/mol. The van der Waals surface area contributed by atoms with Gasteiger partial charge in [0.2, 0.25) is 0 Å². The van der Waals surface area contributed by atoms with Crippen molar-refractivity contribution in [3.8, 4) is 16.7 Å². The maximum Gasteiger partial charge on any atom is 0.279 e. The predicted molar refractivity (Wildman–Crippen MR) is 129 cm³/mol. The fourth-order valence-corrected chi connectivity index (χ4v) is 4.75. The first-order valence-corrected chi connectivity index (χ1v) is 12.2. The number of pyridine rings is 1. The molecule has 33 heavy (non-hydrogen) atoms. The van der Waals surface area contributed by atoms with Crippen LogP contribution in [0.15, 0.2) is 42.7 Å². The number of aliphatic hydroxyl groups excluding tert-OH is 1. The van der Waals surface area contributed by atoms with Gasteiger partial charge in [-0.15, -0.1) is 0 Å². The summed E-state index contributed by atoms with van der Waals surface area (Å²) in [6.45, 7) is 7.17. The maximum atomic E-state index is 12.5. The van der Waals surface area contributed by atoms with Crippen LogP contribution in [0.5, 0.6) is 16.7 Å². The molecule has 0 bridgehead atoms. The molecule has 1 aliphatic heterocycles. The van der Waals surface area contributed by atoms with Crippen molar-refractivity contribution >= 4 is 27.3 Å². The lowest BCUT2D eigenvalue weighted by Gasteiger charge is -2.32. The lowest BCUT2D eigenvalue weighted by molar-refractivity contribution is -0.126. The Bertz CT molecular complexity index is 1030. The number of ether oxygens (including phenoxy) is 2. The van der Waals surface area contributed by atoms with Crippen molar-refractivity contribution in [1.82, 2.24) is 14.9 Å². The third kappa shape index (κ3) is 6.50. The number of nitrogens with zero attached hydrogens (tertiary/aromatic N) is 3. The number of hydrogen-bond donors (Lipinski definition) is 1. The van der Waals surface area contributed by atoms with Crippen molar-refractivity contribution in [2.45, 2.75) is 33.1 Å². The third-order valence-electron chi connectivity index (χ3n) is 6.00. The van der Waals surface area contributed by atoms with Gasteiger partial charge in [-0.25, -0.2) is 4.98 Å². The van der Waals surface area contributed by atoms with Crippen LogP contribution in [0, 0.1) is 11.3 Å². The van der Waals surface area contributed by atoms with Crippen molar-refractivity contribution < 1.29 is 19.4 Å². The summed E-state index contributed by atoms with van der Waals surface area (Å²) in [4.78, 5) is 23.4. The van der Waals surface area contributed by atoms with Gasteiger partial charge >= 0.3 is 0 Å². The molecule has 0 atom stereocenters. The van der Waals surface area contributed by atoms with Crippen LogP contribution in [0.3, 0.4) is 0 Å². The molecule has 3 aromatic rings. The van der Waals surface area contributed by atoms with Gasteiger partial charge in [-0.05, 0) is 61.7 Å². The van der Waals surface area contributed by atoms with E-state index in [2.05, 4.69) is 14.9 Å². The number of likely N-dealkylation sites (tertiary alicyclic amines) is 1. The zero-order valence-electron chi connectivity index (χ0n) is 19.2. The zero-order chi connectivity index (χ0) is 23.3. The SMILES string of the molecule is CC(C)(CO)CC(=O)C1CCN(CCOc2ccc(Oc3nc4cnccc4s3)cc2)CC1. The van der Waals surface area contributed by atoms with Crippen LogP contribution in [0.2, 0.25) is 0 Å². The molecule has 1 saturated heterocycles. The van der Waals surface area contributed by atoms with Crippen molar-refractivity contribution in [3.05, 3.63) is 42.7 Å². The first-order valence-electron chi connectivity index (χ1n) is 11.4. The van der Waals surface area contributed by atoms with E-state index in [1.807, 2.05) is 44.2 Å². The Labute approximate surface area is 198 Å². The summed E-state index contributed by atoms with van der Waals surface area (Å²) in [5, 5.41) is 9.99. The molecule has 1 fully saturated rings. The first kappa shape index (κ1) is 23.6. The predicted octanol–water partition coefficient (Wildman–Crippen LogP) is 4.55. The maximum absolute atomic E-state index is 12.5. The molecule has 0 spiro atoms. The standard InChI is InChI=1S/C25H31N3O4S/c1-25(2,17-29)15-22(30)18-8-11-28(12-9-18)13-14-31-19-3-5-20(6-4-19)32-24-27-21-16-26-10-7-23(21)33-24/h3-7,10,16,18,29H,8-9,11-15,17H2,1-2H3. The number of ketones is 1. The van der Waals surface area contributed by atoms with Crippen molar-refractivity contribution in [3.63, 3.8) is 0 Å². The zero-order valence-corrected chi connectivity index (χ0v) is 20.0. The normalized spacial score (nSPS) is 15.6. The van der Waals surface area contributed by atoms with Crippen molar-refractivity contribution in [2.24, 2.45) is 11.3 Å². The molecule has 2 aromatic heterocycles. The van der Waals surface area contributed by atoms with Gasteiger partial charge in [-0.1, -0.05) is 25.2 Å². The Morgan fingerprint density at radius 1 is 1.18 bits per heavy atom. The Hall–Kier alpha value is -2.55. The Kier molecular flexibility index (Phi) is 7.57. The molecule has 0 radical (unpaired) electrons. The second-order valence-electron chi connectivity index (χ2n) is 9.33. The summed E-state index contributed by atoms with van der Waals surface area (Å²) in [6.07, 6.45) is 5.70. The van der Waals surface area contributed by atoms with Gasteiger partial charge in [0, 0.05) is 31.7 Å². The number of Topliss-reactive ketones (excluding diaryl/α,β-unsaturated/α-hetero) is 1. The van der Waals surface area contributed by atoms with E-state index in [4.69, 9.17) is 9.47 Å². The molecule has 1 N–H and O–H groups in total. The van der Waals surface area contributed by atoms with Crippen LogP contribution in [-0.4, -0.2) is 58.6 Å². The minimum absolute atomic E-state index is 0.0434. The van der Waals surface area contributed by atoms with E-state index in [1.165, 1.54) is 11.3 Å². The quantitative estimate of drug-likeness (QED) is 0.466. The van der Waals surface area contributed by atoms with Gasteiger partial charge < -0.3 is 14.6 Å². The monoisotopic (exact) mass is 469 g/mol. The summed E-state index contributed by atoms with van der Waals surface area (Å²) in [5.74, 6) is 1.92. The van der Waals surface area contributed by atoms with Crippen LogP contribution >= 0.6 is 11.3 Å². The molecule has 8 heteroatoms. The third-order valence-corrected chi connectivity index (χ3v) is 6.91. The topological polar surface area (TPSA) is 84.8 Å². The summed E-state index contributed by atoms with van der Waals surface area (Å²) in [5.41, 5.74) is 0.508. The minimum atomic E-state index is -0.325. The highest BCUT2D eigenvalue weighted by molar-refractivity contribution is 7.20. The number of carbonyl (C=O) groups is 1. The van der Waals surface area contributed by atoms with Crippen LogP contribution in [0.25, 0.3) is 10.2 Å². The summed E-state index contributed by atoms with van der Waals surface area (Å²) >= 11 is 1.49. The summed E-state index contributed by atoms with van der Waals surface area (Å²) in [6, 6.07) is 9.49. The smallest absolute Gasteiger partial charge is 0.279 e. The lowest BCUT2D eigenvalue weighted by Crippen LogP contribution is -2.39. The molecular weight excluding hydrogens is 438 g/mol. The second kappa shape index (κ2) is 10.6. The molecule has 4 rings (SSSR count). The molecule has 1 aromatic carbocycles. The molecule has 0 unspecified atom stereocenters. The highest BCUT2D eigenvalue weighted by Crippen LogP contribution is 2.31. The van der Waals surface area contributed by atoms with E-state index in [9.17, 15) is 9.90 Å². The van der Waals surface area contributed by atoms with E-state index in [0.717, 1.165) is 48.4 Å². The van der Waals surface area contributed by atoms with E-state index in [1.54, 1.807) is 12.4 Å². The summed E-state index contributed by atoms with van der Waals surface area (Å²) < 4.78 is 12.8. The number of thiazole rings is 1. The van der Waals surface area contributed by atoms with Gasteiger partial charge in [-0.3, -0.25) is 14.7 Å². The number of piperidine rings is 1. The summed E-state index contributed by atoms with van der Waals surface area (Å²) in [7, 11) is 0. The number of rotatable bonds is 10. The number of aliphatic hydroxyl groups is 1. The van der Waals surface area contributed by atoms with Crippen LogP contribution in [-0.2, 0) is 4.79 Å². The molecule has 0 aliphatic carbocycles. The average Bonchev–Trinajstić information content (AvgIpc) is 3.23. The Morgan fingerprint density at radius 2 is 1.91 bits per heavy atom. The van der Waals surface area contributed by atoms with E-state index < -0.39 is 0 Å². The number of aromatic nitrogens is 2. The van der Waals surface area contributed by atoms with Gasteiger partial charge in [0.15, 0.2) is 0 Å². The van der Waals surface area contributed by atoms with E-state index >= 15 is 0 Å². The first-order chi connectivity index (χ1) is 15.9. The van der Waals surface area contributed by atoms with Crippen molar-refractivity contribution in [2.75, 3.05) is 32.8 Å². The van der Waals surface area contributed by atoms with Gasteiger partial charge in [0.25, 0.3) is 5.19 Å². The molecule has 0 amide bonds. The number of carbonyl (C=O) groups excluding carboxylic acids is 1. The molecule has 7 nitrogen and oxygen atoms in total. The molecule has 1 aliphatic rings. The van der Waals surface area contributed by atoms with Gasteiger partial charge in [0.05, 0.1) is 10.9 Å². The minimum Gasteiger partial charge on any atom is -0.492 e. The molecular formula is C25H31N3O4S. The molecule has 0 saturated carbocycles. The van der Waals surface area contributed by atoms with E-state index in [0.29, 0.717) is 24.0 Å². The number of hydrogen-bond acceptors (Lipinski definition) is 8. The van der Waals surface area contributed by atoms with Crippen LogP contribution in [0.4, 0.5) is 0 Å². The molecule has 176 valence electrons.